The van der Waals surface area contributed by atoms with Gasteiger partial charge in [0.1, 0.15) is 11.9 Å². The predicted octanol–water partition coefficient (Wildman–Crippen LogP) is 3.99. The molecule has 0 saturated carbocycles. The van der Waals surface area contributed by atoms with Crippen LogP contribution in [0.3, 0.4) is 0 Å². The van der Waals surface area contributed by atoms with Gasteiger partial charge in [0.25, 0.3) is 5.91 Å². The number of carbonyl (C=O) groups is 3. The van der Waals surface area contributed by atoms with E-state index in [1.165, 1.54) is 4.90 Å². The summed E-state index contributed by atoms with van der Waals surface area (Å²) in [6.45, 7) is 4.17. The van der Waals surface area contributed by atoms with E-state index in [9.17, 15) is 14.4 Å². The Labute approximate surface area is 221 Å². The fourth-order valence-corrected chi connectivity index (χ4v) is 5.31. The van der Waals surface area contributed by atoms with Gasteiger partial charge in [0.2, 0.25) is 11.8 Å². The van der Waals surface area contributed by atoms with Crippen molar-refractivity contribution in [2.45, 2.75) is 51.2 Å². The summed E-state index contributed by atoms with van der Waals surface area (Å²) in [7, 11) is 3.35. The number of halogens is 2. The molecule has 8 nitrogen and oxygen atoms in total. The van der Waals surface area contributed by atoms with Gasteiger partial charge in [-0.15, -0.1) is 0 Å². The Bertz CT molecular complexity index is 1160. The first kappa shape index (κ1) is 26.4. The molecule has 1 aromatic heterocycles. The molecule has 2 aromatic rings. The molecule has 10 heteroatoms. The maximum atomic E-state index is 13.2. The molecule has 192 valence electrons. The number of aryl methyl sites for hydroxylation is 1. The van der Waals surface area contributed by atoms with Crippen molar-refractivity contribution in [3.63, 3.8) is 0 Å². The van der Waals surface area contributed by atoms with Crippen LogP contribution in [0.4, 0.5) is 5.82 Å². The third-order valence-electron chi connectivity index (χ3n) is 6.76. The van der Waals surface area contributed by atoms with Crippen LogP contribution in [0.1, 0.15) is 47.3 Å². The number of aromatic nitrogens is 1. The fraction of sp³-hybridized carbons (Fsp3) is 0.462. The number of rotatable bonds is 6. The van der Waals surface area contributed by atoms with E-state index in [1.54, 1.807) is 44.1 Å². The average molecular weight is 532 g/mol. The second-order valence-electron chi connectivity index (χ2n) is 9.68. The normalized spacial score (nSPS) is 19.0. The maximum Gasteiger partial charge on any atom is 0.253 e. The Hall–Kier alpha value is -2.68. The van der Waals surface area contributed by atoms with Gasteiger partial charge in [-0.1, -0.05) is 29.3 Å². The minimum atomic E-state index is -0.542. The van der Waals surface area contributed by atoms with E-state index in [4.69, 9.17) is 23.2 Å². The first-order chi connectivity index (χ1) is 17.1. The van der Waals surface area contributed by atoms with Crippen molar-refractivity contribution in [3.8, 4) is 0 Å². The number of amides is 3. The zero-order valence-corrected chi connectivity index (χ0v) is 22.3. The summed E-state index contributed by atoms with van der Waals surface area (Å²) in [5.41, 5.74) is 2.18. The van der Waals surface area contributed by atoms with Crippen molar-refractivity contribution in [2.75, 3.05) is 32.5 Å². The van der Waals surface area contributed by atoms with E-state index >= 15 is 0 Å². The molecule has 2 aliphatic rings. The van der Waals surface area contributed by atoms with E-state index in [2.05, 4.69) is 15.2 Å². The summed E-state index contributed by atoms with van der Waals surface area (Å²) in [6, 6.07) is 8.40. The minimum absolute atomic E-state index is 0.0113. The molecule has 1 atom stereocenters. The van der Waals surface area contributed by atoms with Gasteiger partial charge in [0.05, 0.1) is 10.0 Å². The lowest BCUT2D eigenvalue weighted by molar-refractivity contribution is -0.136. The lowest BCUT2D eigenvalue weighted by Gasteiger charge is -2.39. The van der Waals surface area contributed by atoms with Gasteiger partial charge < -0.3 is 15.1 Å². The van der Waals surface area contributed by atoms with Crippen LogP contribution in [0, 0.1) is 6.92 Å². The first-order valence-corrected chi connectivity index (χ1v) is 12.9. The minimum Gasteiger partial charge on any atom is -0.345 e. The summed E-state index contributed by atoms with van der Waals surface area (Å²) in [5.74, 6) is -0.0959. The Balaban J connectivity index is 1.39. The monoisotopic (exact) mass is 531 g/mol. The molecule has 0 radical (unpaired) electrons. The Morgan fingerprint density at radius 2 is 1.81 bits per heavy atom. The molecular formula is C26H31Cl2N5O3. The molecule has 2 aliphatic heterocycles. The molecule has 1 aromatic carbocycles. The highest BCUT2D eigenvalue weighted by Gasteiger charge is 2.41. The van der Waals surface area contributed by atoms with Gasteiger partial charge in [-0.2, -0.15) is 0 Å². The summed E-state index contributed by atoms with van der Waals surface area (Å²) in [5, 5.41) is 3.93. The number of nitrogens with zero attached hydrogens (tertiary/aromatic N) is 4. The number of pyridine rings is 1. The van der Waals surface area contributed by atoms with Crippen molar-refractivity contribution >= 4 is 46.7 Å². The lowest BCUT2D eigenvalue weighted by Crippen LogP contribution is -2.51. The molecule has 0 bridgehead atoms. The summed E-state index contributed by atoms with van der Waals surface area (Å²) < 4.78 is 0. The number of carbonyl (C=O) groups excluding carboxylic acids is 3. The number of benzene rings is 1. The number of nitrogens with one attached hydrogen (secondary N) is 1. The van der Waals surface area contributed by atoms with Gasteiger partial charge >= 0.3 is 0 Å². The van der Waals surface area contributed by atoms with Gasteiger partial charge in [-0.25, -0.2) is 4.98 Å². The van der Waals surface area contributed by atoms with Gasteiger partial charge in [0.15, 0.2) is 0 Å². The molecule has 0 aliphatic carbocycles. The van der Waals surface area contributed by atoms with E-state index in [1.807, 2.05) is 12.1 Å². The molecular weight excluding hydrogens is 501 g/mol. The zero-order chi connectivity index (χ0) is 26.0. The first-order valence-electron chi connectivity index (χ1n) is 12.1. The topological polar surface area (TPSA) is 85.8 Å². The highest BCUT2D eigenvalue weighted by molar-refractivity contribution is 6.42. The van der Waals surface area contributed by atoms with Crippen molar-refractivity contribution in [3.05, 3.63) is 57.2 Å². The Morgan fingerprint density at radius 1 is 1.08 bits per heavy atom. The number of hydrogen-bond donors (Lipinski definition) is 1. The van der Waals surface area contributed by atoms with Gasteiger partial charge in [0, 0.05) is 57.4 Å². The second kappa shape index (κ2) is 11.2. The number of hydrogen-bond acceptors (Lipinski definition) is 5. The number of piperidine rings is 1. The van der Waals surface area contributed by atoms with Crippen LogP contribution >= 0.6 is 23.2 Å². The van der Waals surface area contributed by atoms with Gasteiger partial charge in [-0.05, 0) is 56.0 Å². The fourth-order valence-electron chi connectivity index (χ4n) is 4.99. The van der Waals surface area contributed by atoms with E-state index < -0.39 is 6.04 Å². The molecule has 4 rings (SSSR count). The van der Waals surface area contributed by atoms with Crippen LogP contribution < -0.4 is 5.32 Å². The second-order valence-corrected chi connectivity index (χ2v) is 10.5. The SMILES string of the molecule is Cc1cc(C(=O)N(C)C)cc(NC(=O)[C@H]2CCC(=O)N2C2CCN(Cc3ccc(Cl)c(Cl)c3)CC2)n1. The molecule has 3 heterocycles. The van der Waals surface area contributed by atoms with Crippen molar-refractivity contribution < 1.29 is 14.4 Å². The van der Waals surface area contributed by atoms with Crippen molar-refractivity contribution in [2.24, 2.45) is 0 Å². The lowest BCUT2D eigenvalue weighted by atomic mass is 10.0. The summed E-state index contributed by atoms with van der Waals surface area (Å²) >= 11 is 12.2. The average Bonchev–Trinajstić information content (AvgIpc) is 3.22. The van der Waals surface area contributed by atoms with Crippen molar-refractivity contribution in [1.29, 1.82) is 0 Å². The third kappa shape index (κ3) is 5.99. The Morgan fingerprint density at radius 3 is 2.47 bits per heavy atom. The molecule has 3 amide bonds. The van der Waals surface area contributed by atoms with E-state index in [0.29, 0.717) is 40.0 Å². The quantitative estimate of drug-likeness (QED) is 0.608. The highest BCUT2D eigenvalue weighted by atomic mass is 35.5. The predicted molar refractivity (Wildman–Crippen MR) is 140 cm³/mol. The largest absolute Gasteiger partial charge is 0.345 e. The van der Waals surface area contributed by atoms with Gasteiger partial charge in [-0.3, -0.25) is 19.3 Å². The molecule has 0 unspecified atom stereocenters. The molecule has 2 saturated heterocycles. The third-order valence-corrected chi connectivity index (χ3v) is 7.50. The van der Waals surface area contributed by atoms with E-state index in [-0.39, 0.29) is 23.8 Å². The zero-order valence-electron chi connectivity index (χ0n) is 20.8. The van der Waals surface area contributed by atoms with Crippen LogP contribution in [0.25, 0.3) is 0 Å². The number of anilines is 1. The van der Waals surface area contributed by atoms with Crippen molar-refractivity contribution in [1.82, 2.24) is 19.7 Å². The van der Waals surface area contributed by atoms with Crippen LogP contribution in [-0.2, 0) is 16.1 Å². The van der Waals surface area contributed by atoms with Crippen LogP contribution in [0.2, 0.25) is 10.0 Å². The smallest absolute Gasteiger partial charge is 0.253 e. The maximum absolute atomic E-state index is 13.2. The van der Waals surface area contributed by atoms with Crippen LogP contribution in [0.5, 0.6) is 0 Å². The summed E-state index contributed by atoms with van der Waals surface area (Å²) in [4.78, 5) is 48.4. The highest BCUT2D eigenvalue weighted by Crippen LogP contribution is 2.29. The molecule has 36 heavy (non-hydrogen) atoms. The van der Waals surface area contributed by atoms with E-state index in [0.717, 1.165) is 38.0 Å². The summed E-state index contributed by atoms with van der Waals surface area (Å²) in [6.07, 6.45) is 2.42. The number of likely N-dealkylation sites (tertiary alicyclic amines) is 2. The molecule has 0 spiro atoms. The van der Waals surface area contributed by atoms with Crippen LogP contribution in [-0.4, -0.2) is 76.7 Å². The standard InChI is InChI=1S/C26H31Cl2N5O3/c1-16-12-18(26(36)31(2)3)14-23(29-16)30-25(35)22-6-7-24(34)33(22)19-8-10-32(11-9-19)15-17-4-5-20(27)21(28)13-17/h4-5,12-14,19,22H,6-11,15H2,1-3H3,(H,29,30,35)/t22-/m1/s1. The molecule has 1 N–H and O–H groups in total. The molecule has 2 fully saturated rings. The van der Waals surface area contributed by atoms with Crippen LogP contribution in [0.15, 0.2) is 30.3 Å². The Kier molecular flexibility index (Phi) is 8.17.